The van der Waals surface area contributed by atoms with Crippen LogP contribution in [-0.4, -0.2) is 50.5 Å². The Hall–Kier alpha value is -1.14. The minimum atomic E-state index is -0.751. The van der Waals surface area contributed by atoms with Gasteiger partial charge in [0.05, 0.1) is 18.6 Å². The number of nitrogens with one attached hydrogen (secondary N) is 1. The quantitative estimate of drug-likeness (QED) is 0.711. The number of methoxy groups -OCH3 is 2. The normalized spacial score (nSPS) is 24.7. The maximum Gasteiger partial charge on any atom is 0.306 e. The van der Waals surface area contributed by atoms with E-state index in [9.17, 15) is 9.59 Å². The fourth-order valence-corrected chi connectivity index (χ4v) is 2.36. The molecule has 1 fully saturated rings. The first kappa shape index (κ1) is 15.9. The zero-order valence-electron chi connectivity index (χ0n) is 11.6. The number of carboxylic acid groups (broad SMARTS) is 1. The van der Waals surface area contributed by atoms with E-state index < -0.39 is 5.97 Å². The lowest BCUT2D eigenvalue weighted by Gasteiger charge is -2.26. The highest BCUT2D eigenvalue weighted by Crippen LogP contribution is 2.28. The van der Waals surface area contributed by atoms with Crippen LogP contribution in [0.5, 0.6) is 0 Å². The second-order valence-electron chi connectivity index (χ2n) is 4.94. The van der Waals surface area contributed by atoms with Gasteiger partial charge in [0.25, 0.3) is 0 Å². The van der Waals surface area contributed by atoms with Crippen molar-refractivity contribution in [3.05, 3.63) is 0 Å². The highest BCUT2D eigenvalue weighted by Gasteiger charge is 2.29. The molecule has 0 aromatic heterocycles. The Bertz CT molecular complexity index is 299. The maximum atomic E-state index is 11.9. The van der Waals surface area contributed by atoms with Crippen LogP contribution in [0.4, 0.5) is 0 Å². The van der Waals surface area contributed by atoms with Crippen LogP contribution in [0.25, 0.3) is 0 Å². The number of rotatable bonds is 7. The molecule has 2 N–H and O–H groups in total. The zero-order chi connectivity index (χ0) is 14.3. The molecule has 0 bridgehead atoms. The molecule has 1 aliphatic carbocycles. The van der Waals surface area contributed by atoms with Crippen LogP contribution in [0.15, 0.2) is 0 Å². The third-order valence-corrected chi connectivity index (χ3v) is 3.64. The molecule has 1 rings (SSSR count). The summed E-state index contributed by atoms with van der Waals surface area (Å²) in [5.41, 5.74) is 0. The monoisotopic (exact) mass is 273 g/mol. The number of carbonyl (C=O) groups is 2. The Labute approximate surface area is 113 Å². The molecule has 0 spiro atoms. The maximum absolute atomic E-state index is 11.9. The van der Waals surface area contributed by atoms with E-state index in [4.69, 9.17) is 14.6 Å². The largest absolute Gasteiger partial charge is 0.481 e. The zero-order valence-corrected chi connectivity index (χ0v) is 11.6. The lowest BCUT2D eigenvalue weighted by Crippen LogP contribution is -2.40. The third-order valence-electron chi connectivity index (χ3n) is 3.64. The molecule has 1 unspecified atom stereocenters. The number of hydrogen-bond donors (Lipinski definition) is 2. The predicted octanol–water partition coefficient (Wildman–Crippen LogP) is 0.655. The lowest BCUT2D eigenvalue weighted by molar-refractivity contribution is -0.144. The van der Waals surface area contributed by atoms with Crippen molar-refractivity contribution in [1.82, 2.24) is 5.32 Å². The summed E-state index contributed by atoms with van der Waals surface area (Å²) >= 11 is 0. The summed E-state index contributed by atoms with van der Waals surface area (Å²) in [6.45, 7) is 0.852. The van der Waals surface area contributed by atoms with Crippen LogP contribution in [0.1, 0.15) is 25.7 Å². The Morgan fingerprint density at radius 1 is 1.21 bits per heavy atom. The lowest BCUT2D eigenvalue weighted by atomic mass is 9.81. The van der Waals surface area contributed by atoms with E-state index in [1.165, 1.54) is 0 Å². The van der Waals surface area contributed by atoms with Gasteiger partial charge < -0.3 is 19.9 Å². The number of hydrogen-bond acceptors (Lipinski definition) is 4. The van der Waals surface area contributed by atoms with Gasteiger partial charge in [0.1, 0.15) is 0 Å². The van der Waals surface area contributed by atoms with Gasteiger partial charge in [0.15, 0.2) is 0 Å². The summed E-state index contributed by atoms with van der Waals surface area (Å²) in [5.74, 6) is -1.12. The summed E-state index contributed by atoms with van der Waals surface area (Å²) in [6, 6.07) is 0. The molecule has 0 heterocycles. The molecule has 1 aliphatic rings. The van der Waals surface area contributed by atoms with Crippen LogP contribution in [0.2, 0.25) is 0 Å². The van der Waals surface area contributed by atoms with E-state index in [1.807, 2.05) is 0 Å². The van der Waals surface area contributed by atoms with Crippen molar-refractivity contribution < 1.29 is 24.2 Å². The molecular weight excluding hydrogens is 250 g/mol. The van der Waals surface area contributed by atoms with Crippen LogP contribution in [0.3, 0.4) is 0 Å². The molecule has 19 heavy (non-hydrogen) atoms. The topological polar surface area (TPSA) is 84.9 Å². The SMILES string of the molecule is COCC(CNC(=O)C1CCC(C(=O)O)CC1)OC. The molecule has 0 saturated heterocycles. The standard InChI is InChI=1S/C13H23NO5/c1-18-8-11(19-2)7-14-12(15)9-3-5-10(6-4-9)13(16)17/h9-11H,3-8H2,1-2H3,(H,14,15)(H,16,17). The summed E-state index contributed by atoms with van der Waals surface area (Å²) in [4.78, 5) is 22.8. The molecule has 110 valence electrons. The molecule has 0 radical (unpaired) electrons. The smallest absolute Gasteiger partial charge is 0.306 e. The fraction of sp³-hybridized carbons (Fsp3) is 0.846. The van der Waals surface area contributed by atoms with Crippen LogP contribution in [0, 0.1) is 11.8 Å². The van der Waals surface area contributed by atoms with Crippen molar-refractivity contribution in [1.29, 1.82) is 0 Å². The summed E-state index contributed by atoms with van der Waals surface area (Å²) in [7, 11) is 3.16. The van der Waals surface area contributed by atoms with Gasteiger partial charge in [-0.1, -0.05) is 0 Å². The van der Waals surface area contributed by atoms with Crippen molar-refractivity contribution in [2.75, 3.05) is 27.4 Å². The molecule has 0 aromatic carbocycles. The summed E-state index contributed by atoms with van der Waals surface area (Å²) < 4.78 is 10.1. The first-order valence-corrected chi connectivity index (χ1v) is 6.60. The van der Waals surface area contributed by atoms with Gasteiger partial charge in [-0.25, -0.2) is 0 Å². The molecule has 0 aliphatic heterocycles. The summed E-state index contributed by atoms with van der Waals surface area (Å²) in [6.07, 6.45) is 2.30. The van der Waals surface area contributed by atoms with Crippen molar-refractivity contribution in [2.24, 2.45) is 11.8 Å². The molecule has 6 heteroatoms. The first-order valence-electron chi connectivity index (χ1n) is 6.60. The fourth-order valence-electron chi connectivity index (χ4n) is 2.36. The minimum absolute atomic E-state index is 0.0120. The number of aliphatic carboxylic acids is 1. The molecular formula is C13H23NO5. The molecule has 1 amide bonds. The average Bonchev–Trinajstić information content (AvgIpc) is 2.43. The van der Waals surface area contributed by atoms with Gasteiger partial charge in [-0.05, 0) is 25.7 Å². The first-order chi connectivity index (χ1) is 9.08. The minimum Gasteiger partial charge on any atom is -0.481 e. The number of amides is 1. The molecule has 0 aromatic rings. The van der Waals surface area contributed by atoms with Gasteiger partial charge in [-0.15, -0.1) is 0 Å². The van der Waals surface area contributed by atoms with E-state index in [2.05, 4.69) is 5.32 Å². The van der Waals surface area contributed by atoms with Gasteiger partial charge in [-0.3, -0.25) is 9.59 Å². The Morgan fingerprint density at radius 2 is 1.79 bits per heavy atom. The average molecular weight is 273 g/mol. The van der Waals surface area contributed by atoms with E-state index in [0.717, 1.165) is 0 Å². The highest BCUT2D eigenvalue weighted by atomic mass is 16.5. The van der Waals surface area contributed by atoms with Crippen molar-refractivity contribution in [3.8, 4) is 0 Å². The van der Waals surface area contributed by atoms with Gasteiger partial charge in [-0.2, -0.15) is 0 Å². The molecule has 1 saturated carbocycles. The van der Waals surface area contributed by atoms with Crippen LogP contribution < -0.4 is 5.32 Å². The Balaban J connectivity index is 2.29. The van der Waals surface area contributed by atoms with E-state index in [-0.39, 0.29) is 23.8 Å². The summed E-state index contributed by atoms with van der Waals surface area (Å²) in [5, 5.41) is 11.7. The van der Waals surface area contributed by atoms with E-state index in [1.54, 1.807) is 14.2 Å². The van der Waals surface area contributed by atoms with Crippen molar-refractivity contribution in [2.45, 2.75) is 31.8 Å². The predicted molar refractivity (Wildman–Crippen MR) is 68.8 cm³/mol. The van der Waals surface area contributed by atoms with Crippen molar-refractivity contribution in [3.63, 3.8) is 0 Å². The number of ether oxygens (including phenoxy) is 2. The second-order valence-corrected chi connectivity index (χ2v) is 4.94. The third kappa shape index (κ3) is 5.16. The molecule has 1 atom stereocenters. The van der Waals surface area contributed by atoms with Crippen LogP contribution in [-0.2, 0) is 19.1 Å². The van der Waals surface area contributed by atoms with Crippen molar-refractivity contribution >= 4 is 11.9 Å². The van der Waals surface area contributed by atoms with E-state index >= 15 is 0 Å². The van der Waals surface area contributed by atoms with Gasteiger partial charge in [0, 0.05) is 26.7 Å². The number of carbonyl (C=O) groups excluding carboxylic acids is 1. The van der Waals surface area contributed by atoms with E-state index in [0.29, 0.717) is 38.8 Å². The molecule has 6 nitrogen and oxygen atoms in total. The second kappa shape index (κ2) is 8.12. The Morgan fingerprint density at radius 3 is 2.26 bits per heavy atom. The number of carboxylic acids is 1. The van der Waals surface area contributed by atoms with Gasteiger partial charge >= 0.3 is 5.97 Å². The Kier molecular flexibility index (Phi) is 6.80. The van der Waals surface area contributed by atoms with Crippen LogP contribution >= 0.6 is 0 Å². The van der Waals surface area contributed by atoms with Gasteiger partial charge in [0.2, 0.25) is 5.91 Å². The highest BCUT2D eigenvalue weighted by molar-refractivity contribution is 5.79.